The Morgan fingerprint density at radius 1 is 1.40 bits per heavy atom. The molecule has 0 bridgehead atoms. The van der Waals surface area contributed by atoms with E-state index in [1.165, 1.54) is 17.0 Å². The quantitative estimate of drug-likeness (QED) is 0.882. The van der Waals surface area contributed by atoms with Gasteiger partial charge in [-0.05, 0) is 30.5 Å². The molecule has 1 aliphatic rings. The summed E-state index contributed by atoms with van der Waals surface area (Å²) in [6.07, 6.45) is 1.49. The third-order valence-corrected chi connectivity index (χ3v) is 4.04. The van der Waals surface area contributed by atoms with Gasteiger partial charge in [0.1, 0.15) is 5.75 Å². The van der Waals surface area contributed by atoms with E-state index in [-0.39, 0.29) is 30.2 Å². The number of nitrogens with zero attached hydrogens (tertiary/aromatic N) is 2. The van der Waals surface area contributed by atoms with Gasteiger partial charge in [0.2, 0.25) is 5.91 Å². The lowest BCUT2D eigenvalue weighted by Crippen LogP contribution is -2.48. The number of alkyl halides is 2. The molecule has 3 amide bonds. The van der Waals surface area contributed by atoms with Gasteiger partial charge in [0, 0.05) is 33.7 Å². The molecule has 0 radical (unpaired) electrons. The van der Waals surface area contributed by atoms with E-state index in [4.69, 9.17) is 0 Å². The van der Waals surface area contributed by atoms with Crippen molar-refractivity contribution in [2.45, 2.75) is 26.0 Å². The highest BCUT2D eigenvalue weighted by atomic mass is 19.3. The molecule has 1 unspecified atom stereocenters. The van der Waals surface area contributed by atoms with Crippen molar-refractivity contribution in [3.8, 4) is 5.75 Å². The van der Waals surface area contributed by atoms with Crippen LogP contribution >= 0.6 is 0 Å². The zero-order chi connectivity index (χ0) is 18.4. The Hall–Kier alpha value is -2.38. The molecule has 1 aromatic carbocycles. The number of amides is 3. The smallest absolute Gasteiger partial charge is 0.387 e. The number of hydrogen-bond donors (Lipinski definition) is 1. The summed E-state index contributed by atoms with van der Waals surface area (Å²) in [4.78, 5) is 27.5. The molecule has 6 nitrogen and oxygen atoms in total. The highest BCUT2D eigenvalue weighted by Gasteiger charge is 2.28. The number of benzene rings is 1. The zero-order valence-electron chi connectivity index (χ0n) is 14.4. The summed E-state index contributed by atoms with van der Waals surface area (Å²) in [5.41, 5.74) is 0.670. The van der Waals surface area contributed by atoms with E-state index >= 15 is 0 Å². The van der Waals surface area contributed by atoms with Gasteiger partial charge < -0.3 is 19.9 Å². The Morgan fingerprint density at radius 3 is 2.84 bits per heavy atom. The van der Waals surface area contributed by atoms with Crippen molar-refractivity contribution < 1.29 is 23.1 Å². The van der Waals surface area contributed by atoms with Gasteiger partial charge in [-0.3, -0.25) is 4.79 Å². The van der Waals surface area contributed by atoms with Crippen LogP contribution in [0.5, 0.6) is 5.75 Å². The molecule has 8 heteroatoms. The molecule has 0 spiro atoms. The van der Waals surface area contributed by atoms with Gasteiger partial charge in [-0.25, -0.2) is 4.79 Å². The molecule has 1 aliphatic heterocycles. The summed E-state index contributed by atoms with van der Waals surface area (Å²) in [7, 11) is 3.36. The molecular formula is C17H23F2N3O3. The lowest BCUT2D eigenvalue weighted by Gasteiger charge is -2.33. The van der Waals surface area contributed by atoms with Crippen molar-refractivity contribution in [3.63, 3.8) is 0 Å². The molecule has 1 saturated heterocycles. The molecule has 0 saturated carbocycles. The predicted molar refractivity (Wildman–Crippen MR) is 88.3 cm³/mol. The average Bonchev–Trinajstić information content (AvgIpc) is 2.58. The molecule has 1 N–H and O–H groups in total. The number of rotatable bonds is 5. The highest BCUT2D eigenvalue weighted by Crippen LogP contribution is 2.19. The SMILES string of the molecule is CN(C)C(=O)N1CCCC(C(=O)NCc2cccc(OC(F)F)c2)C1. The van der Waals surface area contributed by atoms with Crippen LogP contribution in [0.25, 0.3) is 0 Å². The number of ether oxygens (including phenoxy) is 1. The number of carbonyl (C=O) groups is 2. The van der Waals surface area contributed by atoms with Crippen LogP contribution in [-0.4, -0.2) is 55.5 Å². The monoisotopic (exact) mass is 355 g/mol. The van der Waals surface area contributed by atoms with Crippen LogP contribution in [0, 0.1) is 5.92 Å². The van der Waals surface area contributed by atoms with Crippen LogP contribution in [0.1, 0.15) is 18.4 Å². The molecule has 2 rings (SSSR count). The van der Waals surface area contributed by atoms with E-state index in [2.05, 4.69) is 10.1 Å². The van der Waals surface area contributed by atoms with Crippen molar-refractivity contribution in [3.05, 3.63) is 29.8 Å². The molecule has 25 heavy (non-hydrogen) atoms. The standard InChI is InChI=1S/C17H23F2N3O3/c1-21(2)17(24)22-8-4-6-13(11-22)15(23)20-10-12-5-3-7-14(9-12)25-16(18)19/h3,5,7,9,13,16H,4,6,8,10-11H2,1-2H3,(H,20,23). The van der Waals surface area contributed by atoms with Crippen LogP contribution in [0.2, 0.25) is 0 Å². The number of urea groups is 1. The summed E-state index contributed by atoms with van der Waals surface area (Å²) in [5.74, 6) is -0.350. The fraction of sp³-hybridized carbons (Fsp3) is 0.529. The maximum absolute atomic E-state index is 12.4. The molecule has 0 aromatic heterocycles. The Labute approximate surface area is 145 Å². The number of piperidine rings is 1. The fourth-order valence-corrected chi connectivity index (χ4v) is 2.81. The first-order valence-electron chi connectivity index (χ1n) is 8.14. The fourth-order valence-electron chi connectivity index (χ4n) is 2.81. The van der Waals surface area contributed by atoms with Gasteiger partial charge in [-0.15, -0.1) is 0 Å². The molecule has 1 heterocycles. The van der Waals surface area contributed by atoms with Crippen molar-refractivity contribution in [2.24, 2.45) is 5.92 Å². The second kappa shape index (κ2) is 8.64. The lowest BCUT2D eigenvalue weighted by molar-refractivity contribution is -0.126. The maximum Gasteiger partial charge on any atom is 0.387 e. The van der Waals surface area contributed by atoms with Gasteiger partial charge in [-0.2, -0.15) is 8.78 Å². The zero-order valence-corrected chi connectivity index (χ0v) is 14.4. The third-order valence-electron chi connectivity index (χ3n) is 4.04. The van der Waals surface area contributed by atoms with Gasteiger partial charge in [0.25, 0.3) is 0 Å². The lowest BCUT2D eigenvalue weighted by atomic mass is 9.97. The number of hydrogen-bond acceptors (Lipinski definition) is 3. The average molecular weight is 355 g/mol. The second-order valence-electron chi connectivity index (χ2n) is 6.21. The molecule has 0 aliphatic carbocycles. The minimum Gasteiger partial charge on any atom is -0.435 e. The number of likely N-dealkylation sites (tertiary alicyclic amines) is 1. The van der Waals surface area contributed by atoms with Crippen LogP contribution in [0.3, 0.4) is 0 Å². The van der Waals surface area contributed by atoms with Crippen molar-refractivity contribution in [2.75, 3.05) is 27.2 Å². The minimum absolute atomic E-state index is 0.0576. The van der Waals surface area contributed by atoms with Gasteiger partial charge in [-0.1, -0.05) is 12.1 Å². The summed E-state index contributed by atoms with van der Waals surface area (Å²) in [6, 6.07) is 6.12. The highest BCUT2D eigenvalue weighted by molar-refractivity contribution is 5.80. The maximum atomic E-state index is 12.4. The number of carbonyl (C=O) groups excluding carboxylic acids is 2. The third kappa shape index (κ3) is 5.58. The van der Waals surface area contributed by atoms with Gasteiger partial charge in [0.15, 0.2) is 0 Å². The van der Waals surface area contributed by atoms with Gasteiger partial charge in [0.05, 0.1) is 5.92 Å². The topological polar surface area (TPSA) is 61.9 Å². The molecule has 1 fully saturated rings. The Bertz CT molecular complexity index is 611. The summed E-state index contributed by atoms with van der Waals surface area (Å²) in [6.45, 7) is -1.63. The predicted octanol–water partition coefficient (Wildman–Crippen LogP) is 2.30. The summed E-state index contributed by atoms with van der Waals surface area (Å²) >= 11 is 0. The van der Waals surface area contributed by atoms with Crippen molar-refractivity contribution >= 4 is 11.9 Å². The Balaban J connectivity index is 1.88. The van der Waals surface area contributed by atoms with E-state index < -0.39 is 6.61 Å². The minimum atomic E-state index is -2.88. The van der Waals surface area contributed by atoms with Crippen LogP contribution in [0.15, 0.2) is 24.3 Å². The largest absolute Gasteiger partial charge is 0.435 e. The number of halogens is 2. The van der Waals surface area contributed by atoms with E-state index in [0.717, 1.165) is 12.8 Å². The molecule has 1 atom stereocenters. The van der Waals surface area contributed by atoms with Crippen LogP contribution in [-0.2, 0) is 11.3 Å². The van der Waals surface area contributed by atoms with E-state index in [9.17, 15) is 18.4 Å². The van der Waals surface area contributed by atoms with E-state index in [1.807, 2.05) is 0 Å². The first kappa shape index (κ1) is 19.0. The Kier molecular flexibility index (Phi) is 6.55. The molecule has 1 aromatic rings. The summed E-state index contributed by atoms with van der Waals surface area (Å²) < 4.78 is 28.8. The van der Waals surface area contributed by atoms with Crippen LogP contribution in [0.4, 0.5) is 13.6 Å². The number of nitrogens with one attached hydrogen (secondary N) is 1. The molecular weight excluding hydrogens is 332 g/mol. The van der Waals surface area contributed by atoms with Gasteiger partial charge >= 0.3 is 12.6 Å². The van der Waals surface area contributed by atoms with E-state index in [0.29, 0.717) is 18.7 Å². The van der Waals surface area contributed by atoms with Crippen molar-refractivity contribution in [1.82, 2.24) is 15.1 Å². The second-order valence-corrected chi connectivity index (χ2v) is 6.21. The van der Waals surface area contributed by atoms with Crippen LogP contribution < -0.4 is 10.1 Å². The van der Waals surface area contributed by atoms with Crippen molar-refractivity contribution in [1.29, 1.82) is 0 Å². The first-order valence-corrected chi connectivity index (χ1v) is 8.14. The molecule has 138 valence electrons. The first-order chi connectivity index (χ1) is 11.9. The Morgan fingerprint density at radius 2 is 2.16 bits per heavy atom. The summed E-state index contributed by atoms with van der Waals surface area (Å²) in [5, 5.41) is 2.80. The normalized spacial score (nSPS) is 17.3. The van der Waals surface area contributed by atoms with E-state index in [1.54, 1.807) is 31.1 Å².